The molecule has 1 aliphatic carbocycles. The molecule has 0 saturated heterocycles. The van der Waals surface area contributed by atoms with Crippen molar-refractivity contribution < 1.29 is 13.7 Å². The highest BCUT2D eigenvalue weighted by molar-refractivity contribution is 5.62. The Morgan fingerprint density at radius 3 is 2.63 bits per heavy atom. The zero-order valence-electron chi connectivity index (χ0n) is 10.5. The lowest BCUT2D eigenvalue weighted by atomic mass is 10.0. The van der Waals surface area contributed by atoms with Crippen molar-refractivity contribution in [3.05, 3.63) is 33.9 Å². The Balaban J connectivity index is 2.03. The lowest BCUT2D eigenvalue weighted by molar-refractivity contribution is -0.386. The van der Waals surface area contributed by atoms with Crippen molar-refractivity contribution in [2.75, 3.05) is 11.9 Å². The topological polar surface area (TPSA) is 55.2 Å². The summed E-state index contributed by atoms with van der Waals surface area (Å²) in [7, 11) is 0. The van der Waals surface area contributed by atoms with Gasteiger partial charge in [-0.2, -0.15) is 4.39 Å². The Morgan fingerprint density at radius 2 is 2.00 bits per heavy atom. The minimum Gasteiger partial charge on any atom is -0.379 e. The van der Waals surface area contributed by atoms with Crippen molar-refractivity contribution in [3.63, 3.8) is 0 Å². The minimum atomic E-state index is -1.15. The fourth-order valence-electron chi connectivity index (χ4n) is 2.60. The van der Waals surface area contributed by atoms with Crippen LogP contribution in [0.1, 0.15) is 32.1 Å². The number of nitrogens with zero attached hydrogens (tertiary/aromatic N) is 1. The van der Waals surface area contributed by atoms with Gasteiger partial charge in [-0.25, -0.2) is 4.39 Å². The number of halogens is 2. The number of nitro benzene ring substituents is 1. The molecule has 0 unspecified atom stereocenters. The highest BCUT2D eigenvalue weighted by atomic mass is 19.1. The van der Waals surface area contributed by atoms with Crippen LogP contribution in [0.4, 0.5) is 20.2 Å². The number of nitro groups is 1. The van der Waals surface area contributed by atoms with Crippen LogP contribution in [-0.4, -0.2) is 11.5 Å². The van der Waals surface area contributed by atoms with Crippen molar-refractivity contribution in [2.24, 2.45) is 5.92 Å². The van der Waals surface area contributed by atoms with Gasteiger partial charge in [0, 0.05) is 18.7 Å². The molecule has 1 N–H and O–H groups in total. The molecule has 1 saturated carbocycles. The lowest BCUT2D eigenvalue weighted by Crippen LogP contribution is -2.09. The van der Waals surface area contributed by atoms with E-state index in [1.54, 1.807) is 0 Å². The third-order valence-corrected chi connectivity index (χ3v) is 3.55. The molecule has 0 heterocycles. The van der Waals surface area contributed by atoms with Crippen LogP contribution in [0.3, 0.4) is 0 Å². The van der Waals surface area contributed by atoms with Crippen molar-refractivity contribution in [1.82, 2.24) is 0 Å². The van der Waals surface area contributed by atoms with E-state index in [-0.39, 0.29) is 5.69 Å². The number of rotatable bonds is 5. The van der Waals surface area contributed by atoms with E-state index in [0.717, 1.165) is 12.5 Å². The predicted octanol–water partition coefficient (Wildman–Crippen LogP) is 3.87. The molecule has 0 aromatic heterocycles. The molecule has 0 bridgehead atoms. The number of hydrogen-bond donors (Lipinski definition) is 1. The van der Waals surface area contributed by atoms with Gasteiger partial charge in [-0.05, 0) is 12.3 Å². The quantitative estimate of drug-likeness (QED) is 0.652. The molecule has 0 radical (unpaired) electrons. The second-order valence-corrected chi connectivity index (χ2v) is 4.91. The number of hydrogen-bond acceptors (Lipinski definition) is 3. The molecule has 1 aliphatic rings. The third-order valence-electron chi connectivity index (χ3n) is 3.55. The van der Waals surface area contributed by atoms with E-state index >= 15 is 0 Å². The van der Waals surface area contributed by atoms with Crippen LogP contribution in [0.2, 0.25) is 0 Å². The predicted molar refractivity (Wildman–Crippen MR) is 68.1 cm³/mol. The average molecular weight is 270 g/mol. The number of anilines is 1. The van der Waals surface area contributed by atoms with Crippen molar-refractivity contribution in [3.8, 4) is 0 Å². The van der Waals surface area contributed by atoms with Crippen LogP contribution in [0.15, 0.2) is 12.1 Å². The summed E-state index contributed by atoms with van der Waals surface area (Å²) in [6, 6.07) is 1.50. The van der Waals surface area contributed by atoms with Gasteiger partial charge in [0.05, 0.1) is 4.92 Å². The fraction of sp³-hybridized carbons (Fsp3) is 0.538. The Labute approximate surface area is 110 Å². The zero-order chi connectivity index (χ0) is 13.8. The van der Waals surface area contributed by atoms with E-state index in [2.05, 4.69) is 5.32 Å². The molecule has 0 atom stereocenters. The molecule has 1 aromatic carbocycles. The molecule has 2 rings (SSSR count). The van der Waals surface area contributed by atoms with Gasteiger partial charge in [0.1, 0.15) is 11.5 Å². The van der Waals surface area contributed by atoms with Gasteiger partial charge in [0.2, 0.25) is 5.82 Å². The first-order valence-corrected chi connectivity index (χ1v) is 6.45. The largest absolute Gasteiger partial charge is 0.379 e. The summed E-state index contributed by atoms with van der Waals surface area (Å²) in [5.41, 5.74) is -0.770. The molecule has 19 heavy (non-hydrogen) atoms. The van der Waals surface area contributed by atoms with Crippen molar-refractivity contribution >= 4 is 11.4 Å². The maximum atomic E-state index is 13.4. The standard InChI is InChI=1S/C13H16F2N2O2/c14-10-7-11(15)13(17(18)19)12(8-10)16-6-5-9-3-1-2-4-9/h7-9,16H,1-6H2. The van der Waals surface area contributed by atoms with Gasteiger partial charge in [0.25, 0.3) is 0 Å². The second kappa shape index (κ2) is 5.95. The molecule has 1 aromatic rings. The normalized spacial score (nSPS) is 15.7. The second-order valence-electron chi connectivity index (χ2n) is 4.91. The van der Waals surface area contributed by atoms with Crippen LogP contribution in [-0.2, 0) is 0 Å². The lowest BCUT2D eigenvalue weighted by Gasteiger charge is -2.11. The van der Waals surface area contributed by atoms with Gasteiger partial charge < -0.3 is 5.32 Å². The molecule has 4 nitrogen and oxygen atoms in total. The van der Waals surface area contributed by atoms with E-state index < -0.39 is 22.2 Å². The summed E-state index contributed by atoms with van der Waals surface area (Å²) in [5, 5.41) is 13.6. The Hall–Kier alpha value is -1.72. The summed E-state index contributed by atoms with van der Waals surface area (Å²) in [4.78, 5) is 9.95. The third kappa shape index (κ3) is 3.39. The number of benzene rings is 1. The molecule has 1 fully saturated rings. The first-order chi connectivity index (χ1) is 9.08. The highest BCUT2D eigenvalue weighted by Gasteiger charge is 2.22. The van der Waals surface area contributed by atoms with E-state index in [1.807, 2.05) is 0 Å². The van der Waals surface area contributed by atoms with Crippen LogP contribution >= 0.6 is 0 Å². The van der Waals surface area contributed by atoms with Crippen LogP contribution < -0.4 is 5.32 Å². The first-order valence-electron chi connectivity index (χ1n) is 6.45. The Morgan fingerprint density at radius 1 is 1.32 bits per heavy atom. The SMILES string of the molecule is O=[N+]([O-])c1c(F)cc(F)cc1NCCC1CCCC1. The monoisotopic (exact) mass is 270 g/mol. The first kappa shape index (κ1) is 13.7. The molecule has 0 spiro atoms. The van der Waals surface area contributed by atoms with Crippen LogP contribution in [0.5, 0.6) is 0 Å². The molecular formula is C13H16F2N2O2. The molecular weight excluding hydrogens is 254 g/mol. The van der Waals surface area contributed by atoms with Gasteiger partial charge in [-0.3, -0.25) is 10.1 Å². The van der Waals surface area contributed by atoms with E-state index in [0.29, 0.717) is 18.5 Å². The van der Waals surface area contributed by atoms with Crippen molar-refractivity contribution in [2.45, 2.75) is 32.1 Å². The van der Waals surface area contributed by atoms with Gasteiger partial charge in [-0.15, -0.1) is 0 Å². The Bertz CT molecular complexity index is 474. The zero-order valence-corrected chi connectivity index (χ0v) is 10.5. The highest BCUT2D eigenvalue weighted by Crippen LogP contribution is 2.30. The van der Waals surface area contributed by atoms with Gasteiger partial charge in [0.15, 0.2) is 0 Å². The van der Waals surface area contributed by atoms with Crippen LogP contribution in [0, 0.1) is 27.7 Å². The number of nitrogens with one attached hydrogen (secondary N) is 1. The van der Waals surface area contributed by atoms with Gasteiger partial charge >= 0.3 is 5.69 Å². The van der Waals surface area contributed by atoms with E-state index in [9.17, 15) is 18.9 Å². The Kier molecular flexibility index (Phi) is 4.29. The van der Waals surface area contributed by atoms with E-state index in [1.165, 1.54) is 25.7 Å². The molecule has 104 valence electrons. The summed E-state index contributed by atoms with van der Waals surface area (Å²) in [6.07, 6.45) is 5.65. The fourth-order valence-corrected chi connectivity index (χ4v) is 2.60. The van der Waals surface area contributed by atoms with Crippen LogP contribution in [0.25, 0.3) is 0 Å². The molecule has 0 amide bonds. The maximum absolute atomic E-state index is 13.4. The van der Waals surface area contributed by atoms with E-state index in [4.69, 9.17) is 0 Å². The maximum Gasteiger partial charge on any atom is 0.327 e. The summed E-state index contributed by atoms with van der Waals surface area (Å²) >= 11 is 0. The summed E-state index contributed by atoms with van der Waals surface area (Å²) in [6.45, 7) is 0.494. The summed E-state index contributed by atoms with van der Waals surface area (Å²) < 4.78 is 26.5. The minimum absolute atomic E-state index is 0.0829. The molecule has 0 aliphatic heterocycles. The summed E-state index contributed by atoms with van der Waals surface area (Å²) in [5.74, 6) is -1.34. The smallest absolute Gasteiger partial charge is 0.327 e. The molecule has 6 heteroatoms. The average Bonchev–Trinajstić information content (AvgIpc) is 2.80. The van der Waals surface area contributed by atoms with Crippen molar-refractivity contribution in [1.29, 1.82) is 0 Å². The van der Waals surface area contributed by atoms with Gasteiger partial charge in [-0.1, -0.05) is 25.7 Å².